The van der Waals surface area contributed by atoms with Crippen LogP contribution in [0.2, 0.25) is 0 Å². The zero-order valence-electron chi connectivity index (χ0n) is 11.4. The van der Waals surface area contributed by atoms with Crippen LogP contribution in [0.4, 0.5) is 4.39 Å². The number of carboxylic acid groups (broad SMARTS) is 1. The van der Waals surface area contributed by atoms with Crippen molar-refractivity contribution in [3.63, 3.8) is 0 Å². The van der Waals surface area contributed by atoms with Gasteiger partial charge in [-0.15, -0.1) is 11.8 Å². The molecule has 0 saturated carbocycles. The Balaban J connectivity index is 2.34. The fraction of sp³-hybridized carbons (Fsp3) is 0.214. The molecule has 2 rings (SSSR count). The molecule has 2 N–H and O–H groups in total. The first-order valence-corrected chi connectivity index (χ1v) is 7.09. The molecule has 5 nitrogen and oxygen atoms in total. The minimum Gasteiger partial charge on any atom is -0.478 e. The van der Waals surface area contributed by atoms with Crippen molar-refractivity contribution in [2.24, 2.45) is 0 Å². The van der Waals surface area contributed by atoms with Gasteiger partial charge in [0, 0.05) is 11.4 Å². The van der Waals surface area contributed by atoms with E-state index in [9.17, 15) is 19.1 Å². The van der Waals surface area contributed by atoms with Crippen molar-refractivity contribution in [3.05, 3.63) is 56.9 Å². The van der Waals surface area contributed by atoms with E-state index in [1.165, 1.54) is 19.1 Å². The molecule has 0 aliphatic heterocycles. The number of halogens is 1. The molecule has 0 bridgehead atoms. The van der Waals surface area contributed by atoms with Gasteiger partial charge in [-0.2, -0.15) is 4.98 Å². The minimum absolute atomic E-state index is 0.0337. The summed E-state index contributed by atoms with van der Waals surface area (Å²) in [5, 5.41) is 9.33. The number of benzene rings is 1. The number of nitrogens with zero attached hydrogens (tertiary/aromatic N) is 1. The van der Waals surface area contributed by atoms with Gasteiger partial charge < -0.3 is 10.1 Å². The number of H-pyrrole nitrogens is 1. The number of aromatic nitrogens is 2. The maximum Gasteiger partial charge on any atom is 0.346 e. The summed E-state index contributed by atoms with van der Waals surface area (Å²) >= 11 is 1.10. The number of rotatable bonds is 4. The number of nitrogens with one attached hydrogen (secondary N) is 1. The Bertz CT molecular complexity index is 758. The van der Waals surface area contributed by atoms with Gasteiger partial charge in [-0.3, -0.25) is 0 Å². The number of aromatic carboxylic acids is 1. The molecule has 0 atom stereocenters. The highest BCUT2D eigenvalue weighted by Crippen LogP contribution is 2.26. The second kappa shape index (κ2) is 6.09. The molecule has 110 valence electrons. The summed E-state index contributed by atoms with van der Waals surface area (Å²) in [6, 6.07) is 4.41. The van der Waals surface area contributed by atoms with Gasteiger partial charge in [-0.05, 0) is 37.1 Å². The van der Waals surface area contributed by atoms with E-state index >= 15 is 0 Å². The molecule has 0 aliphatic carbocycles. The quantitative estimate of drug-likeness (QED) is 0.670. The van der Waals surface area contributed by atoms with E-state index < -0.39 is 11.7 Å². The minimum atomic E-state index is -1.16. The van der Waals surface area contributed by atoms with Crippen LogP contribution in [-0.2, 0) is 5.75 Å². The zero-order valence-corrected chi connectivity index (χ0v) is 12.3. The summed E-state index contributed by atoms with van der Waals surface area (Å²) in [5.74, 6) is -1.18. The summed E-state index contributed by atoms with van der Waals surface area (Å²) in [6.45, 7) is 3.34. The van der Waals surface area contributed by atoms with Gasteiger partial charge in [0.05, 0.1) is 0 Å². The van der Waals surface area contributed by atoms with E-state index in [1.54, 1.807) is 6.07 Å². The molecule has 0 spiro atoms. The van der Waals surface area contributed by atoms with Gasteiger partial charge in [-0.1, -0.05) is 6.07 Å². The lowest BCUT2D eigenvalue weighted by Crippen LogP contribution is -2.18. The number of carbonyl (C=O) groups is 1. The number of hydrogen-bond donors (Lipinski definition) is 2. The second-order valence-electron chi connectivity index (χ2n) is 4.51. The highest BCUT2D eigenvalue weighted by atomic mass is 32.2. The van der Waals surface area contributed by atoms with E-state index in [-0.39, 0.29) is 22.1 Å². The fourth-order valence-corrected chi connectivity index (χ4v) is 2.99. The van der Waals surface area contributed by atoms with Crippen LogP contribution in [0.5, 0.6) is 0 Å². The molecule has 0 fully saturated rings. The normalized spacial score (nSPS) is 10.6. The summed E-state index contributed by atoms with van der Waals surface area (Å²) < 4.78 is 13.2. The number of aryl methyl sites for hydroxylation is 2. The Morgan fingerprint density at radius 1 is 1.43 bits per heavy atom. The van der Waals surface area contributed by atoms with Crippen molar-refractivity contribution in [2.75, 3.05) is 0 Å². The highest BCUT2D eigenvalue weighted by molar-refractivity contribution is 7.98. The number of carboxylic acids is 1. The topological polar surface area (TPSA) is 83.0 Å². The van der Waals surface area contributed by atoms with Crippen molar-refractivity contribution >= 4 is 17.7 Å². The van der Waals surface area contributed by atoms with Crippen LogP contribution >= 0.6 is 11.8 Å². The van der Waals surface area contributed by atoms with E-state index in [2.05, 4.69) is 9.97 Å². The van der Waals surface area contributed by atoms with E-state index in [4.69, 9.17) is 0 Å². The number of aromatic amines is 1. The van der Waals surface area contributed by atoms with Gasteiger partial charge in [-0.25, -0.2) is 14.0 Å². The van der Waals surface area contributed by atoms with Crippen LogP contribution in [0.15, 0.2) is 28.0 Å². The van der Waals surface area contributed by atoms with Gasteiger partial charge in [0.1, 0.15) is 16.4 Å². The molecular weight excluding hydrogens is 295 g/mol. The summed E-state index contributed by atoms with van der Waals surface area (Å²) in [6.07, 6.45) is 0. The predicted molar refractivity (Wildman–Crippen MR) is 77.3 cm³/mol. The van der Waals surface area contributed by atoms with Crippen LogP contribution in [-0.4, -0.2) is 21.0 Å². The Morgan fingerprint density at radius 2 is 2.14 bits per heavy atom. The molecular formula is C14H13FN2O3S. The summed E-state index contributed by atoms with van der Waals surface area (Å²) in [4.78, 5) is 28.7. The standard InChI is InChI=1S/C14H13FN2O3S/c1-7-3-4-10(15)5-9(7)6-21-12-11(13(18)19)8(2)16-14(20)17-12/h3-5H,6H2,1-2H3,(H,18,19)(H,16,17,20). The molecule has 0 unspecified atom stereocenters. The van der Waals surface area contributed by atoms with Gasteiger partial charge in [0.25, 0.3) is 0 Å². The maximum atomic E-state index is 13.2. The summed E-state index contributed by atoms with van der Waals surface area (Å²) in [5.41, 5.74) is 1.24. The van der Waals surface area contributed by atoms with Crippen LogP contribution in [0.3, 0.4) is 0 Å². The first-order valence-electron chi connectivity index (χ1n) is 6.10. The molecule has 2 aromatic rings. The first-order chi connectivity index (χ1) is 9.88. The van der Waals surface area contributed by atoms with Crippen molar-refractivity contribution in [1.82, 2.24) is 9.97 Å². The van der Waals surface area contributed by atoms with Crippen LogP contribution in [0.25, 0.3) is 0 Å². The third-order valence-corrected chi connectivity index (χ3v) is 4.00. The molecule has 21 heavy (non-hydrogen) atoms. The zero-order chi connectivity index (χ0) is 15.6. The van der Waals surface area contributed by atoms with E-state index in [1.807, 2.05) is 6.92 Å². The molecule has 1 aromatic heterocycles. The second-order valence-corrected chi connectivity index (χ2v) is 5.48. The van der Waals surface area contributed by atoms with Crippen LogP contribution < -0.4 is 5.69 Å². The SMILES string of the molecule is Cc1ccc(F)cc1CSc1nc(=O)[nH]c(C)c1C(=O)O. The monoisotopic (exact) mass is 308 g/mol. The smallest absolute Gasteiger partial charge is 0.346 e. The lowest BCUT2D eigenvalue weighted by Gasteiger charge is -2.08. The molecule has 1 heterocycles. The summed E-state index contributed by atoms with van der Waals surface area (Å²) in [7, 11) is 0. The van der Waals surface area contributed by atoms with Crippen molar-refractivity contribution in [1.29, 1.82) is 0 Å². The molecule has 0 saturated heterocycles. The lowest BCUT2D eigenvalue weighted by molar-refractivity contribution is 0.0690. The molecule has 1 aromatic carbocycles. The Hall–Kier alpha value is -2.15. The first kappa shape index (κ1) is 15.2. The van der Waals surface area contributed by atoms with Crippen molar-refractivity contribution in [3.8, 4) is 0 Å². The van der Waals surface area contributed by atoms with Gasteiger partial charge in [0.2, 0.25) is 0 Å². The van der Waals surface area contributed by atoms with E-state index in [0.717, 1.165) is 22.9 Å². The van der Waals surface area contributed by atoms with Gasteiger partial charge in [0.15, 0.2) is 0 Å². The van der Waals surface area contributed by atoms with Crippen LogP contribution in [0.1, 0.15) is 27.2 Å². The maximum absolute atomic E-state index is 13.2. The number of thioether (sulfide) groups is 1. The van der Waals surface area contributed by atoms with Crippen molar-refractivity contribution in [2.45, 2.75) is 24.6 Å². The molecule has 0 radical (unpaired) electrons. The molecule has 0 amide bonds. The third kappa shape index (κ3) is 3.49. The Morgan fingerprint density at radius 3 is 2.81 bits per heavy atom. The molecule has 7 heteroatoms. The lowest BCUT2D eigenvalue weighted by atomic mass is 10.1. The van der Waals surface area contributed by atoms with Crippen molar-refractivity contribution < 1.29 is 14.3 Å². The molecule has 0 aliphatic rings. The largest absolute Gasteiger partial charge is 0.478 e. The predicted octanol–water partition coefficient (Wildman–Crippen LogP) is 2.52. The highest BCUT2D eigenvalue weighted by Gasteiger charge is 2.17. The van der Waals surface area contributed by atoms with Crippen LogP contribution in [0, 0.1) is 19.7 Å². The third-order valence-electron chi connectivity index (χ3n) is 2.98. The fourth-order valence-electron chi connectivity index (χ4n) is 1.86. The van der Waals surface area contributed by atoms with E-state index in [0.29, 0.717) is 5.75 Å². The Labute approximate surface area is 124 Å². The van der Waals surface area contributed by atoms with Gasteiger partial charge >= 0.3 is 11.7 Å². The number of hydrogen-bond acceptors (Lipinski definition) is 4. The Kier molecular flexibility index (Phi) is 4.42. The average Bonchev–Trinajstić information content (AvgIpc) is 2.38. The average molecular weight is 308 g/mol.